The number of nitrogens with zero attached hydrogens (tertiary/aromatic N) is 2. The zero-order chi connectivity index (χ0) is 15.7. The van der Waals surface area contributed by atoms with Gasteiger partial charge in [0.05, 0.1) is 0 Å². The fourth-order valence-electron chi connectivity index (χ4n) is 2.17. The molecule has 0 aromatic carbocycles. The number of carbonyl (C=O) groups excluding carboxylic acids is 1. The highest BCUT2D eigenvalue weighted by molar-refractivity contribution is 5.92. The Morgan fingerprint density at radius 2 is 2.10 bits per heavy atom. The van der Waals surface area contributed by atoms with E-state index in [2.05, 4.69) is 34.5 Å². The Kier molecular flexibility index (Phi) is 7.71. The predicted octanol–water partition coefficient (Wildman–Crippen LogP) is 1.61. The number of hydrogen-bond acceptors (Lipinski definition) is 5. The Bertz CT molecular complexity index is 434. The number of rotatable bonds is 9. The first-order valence-corrected chi connectivity index (χ1v) is 7.57. The van der Waals surface area contributed by atoms with Gasteiger partial charge in [-0.2, -0.15) is 0 Å². The maximum atomic E-state index is 12.1. The van der Waals surface area contributed by atoms with E-state index >= 15 is 0 Å². The lowest BCUT2D eigenvalue weighted by atomic mass is 10.1. The standard InChI is InChI=1S/C15H27N5O/c1-4-20(5-2)11-7-8-12(3)17-15(21)13-9-6-10-14(18-13)19-16/h6,9-10,12H,4-5,7-8,11,16H2,1-3H3,(H,17,21)(H,18,19). The van der Waals surface area contributed by atoms with Crippen molar-refractivity contribution in [3.63, 3.8) is 0 Å². The number of aromatic nitrogens is 1. The van der Waals surface area contributed by atoms with Crippen molar-refractivity contribution in [1.29, 1.82) is 0 Å². The third-order valence-corrected chi connectivity index (χ3v) is 3.51. The molecule has 118 valence electrons. The molecule has 6 nitrogen and oxygen atoms in total. The van der Waals surface area contributed by atoms with Crippen LogP contribution in [0.5, 0.6) is 0 Å². The Morgan fingerprint density at radius 1 is 1.38 bits per heavy atom. The summed E-state index contributed by atoms with van der Waals surface area (Å²) in [5.41, 5.74) is 2.81. The van der Waals surface area contributed by atoms with Crippen molar-refractivity contribution in [2.75, 3.05) is 25.1 Å². The molecule has 0 aliphatic carbocycles. The number of pyridine rings is 1. The van der Waals surface area contributed by atoms with Crippen molar-refractivity contribution in [1.82, 2.24) is 15.2 Å². The molecule has 1 heterocycles. The minimum Gasteiger partial charge on any atom is -0.348 e. The third kappa shape index (κ3) is 6.10. The summed E-state index contributed by atoms with van der Waals surface area (Å²) >= 11 is 0. The van der Waals surface area contributed by atoms with Crippen LogP contribution in [0.3, 0.4) is 0 Å². The number of nitrogen functional groups attached to an aromatic ring is 1. The molecule has 0 radical (unpaired) electrons. The molecule has 0 aliphatic rings. The quantitative estimate of drug-likeness (QED) is 0.476. The van der Waals surface area contributed by atoms with Gasteiger partial charge in [-0.3, -0.25) is 4.79 Å². The van der Waals surface area contributed by atoms with Crippen molar-refractivity contribution in [3.8, 4) is 0 Å². The number of hydrazine groups is 1. The maximum Gasteiger partial charge on any atom is 0.270 e. The van der Waals surface area contributed by atoms with Crippen LogP contribution in [0.4, 0.5) is 5.82 Å². The second-order valence-corrected chi connectivity index (χ2v) is 5.10. The van der Waals surface area contributed by atoms with E-state index in [1.165, 1.54) is 0 Å². The molecule has 4 N–H and O–H groups in total. The summed E-state index contributed by atoms with van der Waals surface area (Å²) in [6, 6.07) is 5.27. The molecule has 21 heavy (non-hydrogen) atoms. The molecule has 1 aromatic rings. The smallest absolute Gasteiger partial charge is 0.270 e. The molecule has 0 aliphatic heterocycles. The van der Waals surface area contributed by atoms with Crippen molar-refractivity contribution < 1.29 is 4.79 Å². The number of anilines is 1. The van der Waals surface area contributed by atoms with E-state index in [9.17, 15) is 4.79 Å². The minimum absolute atomic E-state index is 0.129. The monoisotopic (exact) mass is 293 g/mol. The Balaban J connectivity index is 2.39. The van der Waals surface area contributed by atoms with Gasteiger partial charge in [-0.15, -0.1) is 0 Å². The summed E-state index contributed by atoms with van der Waals surface area (Å²) < 4.78 is 0. The van der Waals surface area contributed by atoms with Gasteiger partial charge >= 0.3 is 0 Å². The van der Waals surface area contributed by atoms with Crippen LogP contribution in [0.2, 0.25) is 0 Å². The van der Waals surface area contributed by atoms with Gasteiger partial charge in [-0.25, -0.2) is 10.8 Å². The molecule has 1 rings (SSSR count). The Hall–Kier alpha value is -1.66. The van der Waals surface area contributed by atoms with Crippen LogP contribution in [0.15, 0.2) is 18.2 Å². The predicted molar refractivity (Wildman–Crippen MR) is 86.0 cm³/mol. The van der Waals surface area contributed by atoms with Gasteiger partial charge < -0.3 is 15.6 Å². The van der Waals surface area contributed by atoms with Crippen LogP contribution >= 0.6 is 0 Å². The van der Waals surface area contributed by atoms with E-state index in [1.807, 2.05) is 6.92 Å². The number of hydrogen-bond donors (Lipinski definition) is 3. The molecule has 1 atom stereocenters. The van der Waals surface area contributed by atoms with Crippen LogP contribution in [0.25, 0.3) is 0 Å². The highest BCUT2D eigenvalue weighted by atomic mass is 16.1. The van der Waals surface area contributed by atoms with Crippen LogP contribution in [0, 0.1) is 0 Å². The van der Waals surface area contributed by atoms with E-state index in [0.717, 1.165) is 32.5 Å². The molecule has 6 heteroatoms. The van der Waals surface area contributed by atoms with E-state index in [4.69, 9.17) is 5.84 Å². The lowest BCUT2D eigenvalue weighted by Gasteiger charge is -2.19. The van der Waals surface area contributed by atoms with Crippen molar-refractivity contribution in [2.45, 2.75) is 39.7 Å². The van der Waals surface area contributed by atoms with Gasteiger partial charge in [-0.05, 0) is 51.5 Å². The summed E-state index contributed by atoms with van der Waals surface area (Å²) in [6.07, 6.45) is 2.03. The number of carbonyl (C=O) groups is 1. The topological polar surface area (TPSA) is 83.3 Å². The zero-order valence-corrected chi connectivity index (χ0v) is 13.2. The van der Waals surface area contributed by atoms with Crippen LogP contribution < -0.4 is 16.6 Å². The molecule has 1 amide bonds. The first kappa shape index (κ1) is 17.4. The maximum absolute atomic E-state index is 12.1. The summed E-state index contributed by atoms with van der Waals surface area (Å²) in [6.45, 7) is 9.56. The van der Waals surface area contributed by atoms with Gasteiger partial charge in [-0.1, -0.05) is 19.9 Å². The summed E-state index contributed by atoms with van der Waals surface area (Å²) in [7, 11) is 0. The van der Waals surface area contributed by atoms with Crippen molar-refractivity contribution in [2.24, 2.45) is 5.84 Å². The van der Waals surface area contributed by atoms with E-state index in [-0.39, 0.29) is 11.9 Å². The van der Waals surface area contributed by atoms with Gasteiger partial charge in [0.25, 0.3) is 5.91 Å². The summed E-state index contributed by atoms with van der Waals surface area (Å²) in [5.74, 6) is 5.61. The lowest BCUT2D eigenvalue weighted by Crippen LogP contribution is -2.34. The molecule has 0 spiro atoms. The van der Waals surface area contributed by atoms with E-state index in [1.54, 1.807) is 18.2 Å². The minimum atomic E-state index is -0.164. The van der Waals surface area contributed by atoms with E-state index < -0.39 is 0 Å². The molecule has 0 fully saturated rings. The average Bonchev–Trinajstić information content (AvgIpc) is 2.51. The van der Waals surface area contributed by atoms with Crippen molar-refractivity contribution in [3.05, 3.63) is 23.9 Å². The third-order valence-electron chi connectivity index (χ3n) is 3.51. The van der Waals surface area contributed by atoms with Gasteiger partial charge in [0.1, 0.15) is 11.5 Å². The average molecular weight is 293 g/mol. The lowest BCUT2D eigenvalue weighted by molar-refractivity contribution is 0.0932. The van der Waals surface area contributed by atoms with Gasteiger partial charge in [0.2, 0.25) is 0 Å². The number of amides is 1. The zero-order valence-electron chi connectivity index (χ0n) is 13.2. The molecular formula is C15H27N5O. The normalized spacial score (nSPS) is 12.2. The molecule has 1 aromatic heterocycles. The van der Waals surface area contributed by atoms with Crippen LogP contribution in [-0.4, -0.2) is 41.5 Å². The van der Waals surface area contributed by atoms with Crippen molar-refractivity contribution >= 4 is 11.7 Å². The Morgan fingerprint density at radius 3 is 2.71 bits per heavy atom. The first-order chi connectivity index (χ1) is 10.1. The van der Waals surface area contributed by atoms with Crippen LogP contribution in [0.1, 0.15) is 44.1 Å². The number of nitrogens with two attached hydrogens (primary N) is 1. The van der Waals surface area contributed by atoms with Crippen LogP contribution in [-0.2, 0) is 0 Å². The first-order valence-electron chi connectivity index (χ1n) is 7.57. The fraction of sp³-hybridized carbons (Fsp3) is 0.600. The largest absolute Gasteiger partial charge is 0.348 e. The second kappa shape index (κ2) is 9.31. The van der Waals surface area contributed by atoms with E-state index in [0.29, 0.717) is 11.5 Å². The van der Waals surface area contributed by atoms with Gasteiger partial charge in [0, 0.05) is 6.04 Å². The fourth-order valence-corrected chi connectivity index (χ4v) is 2.17. The molecule has 1 unspecified atom stereocenters. The number of nitrogens with one attached hydrogen (secondary N) is 2. The molecule has 0 saturated heterocycles. The van der Waals surface area contributed by atoms with Gasteiger partial charge in [0.15, 0.2) is 0 Å². The molecule has 0 saturated carbocycles. The molecule has 0 bridgehead atoms. The second-order valence-electron chi connectivity index (χ2n) is 5.10. The Labute approximate surface area is 127 Å². The molecular weight excluding hydrogens is 266 g/mol. The highest BCUT2D eigenvalue weighted by Gasteiger charge is 2.11. The summed E-state index contributed by atoms with van der Waals surface area (Å²) in [5, 5.41) is 2.97. The SMILES string of the molecule is CCN(CC)CCCC(C)NC(=O)c1cccc(NN)n1. The highest BCUT2D eigenvalue weighted by Crippen LogP contribution is 2.05. The summed E-state index contributed by atoms with van der Waals surface area (Å²) in [4.78, 5) is 18.6.